The second-order valence-corrected chi connectivity index (χ2v) is 8.80. The molecule has 1 atom stereocenters. The van der Waals surface area contributed by atoms with E-state index >= 15 is 0 Å². The topological polar surface area (TPSA) is 49.4 Å². The van der Waals surface area contributed by atoms with Crippen LogP contribution in [-0.4, -0.2) is 17.6 Å². The third-order valence-corrected chi connectivity index (χ3v) is 6.44. The number of hydrogen-bond acceptors (Lipinski definition) is 3. The summed E-state index contributed by atoms with van der Waals surface area (Å²) in [5, 5.41) is 2.66. The smallest absolute Gasteiger partial charge is 0.255 e. The van der Waals surface area contributed by atoms with Gasteiger partial charge >= 0.3 is 0 Å². The molecule has 0 aromatic heterocycles. The minimum Gasteiger partial charge on any atom is -0.322 e. The Kier molecular flexibility index (Phi) is 6.09. The number of amides is 2. The van der Waals surface area contributed by atoms with Gasteiger partial charge in [-0.1, -0.05) is 50.2 Å². The van der Waals surface area contributed by atoms with Gasteiger partial charge < -0.3 is 5.32 Å². The van der Waals surface area contributed by atoms with Crippen molar-refractivity contribution < 1.29 is 14.0 Å². The molecule has 1 saturated heterocycles. The SMILES string of the molecule is CC(C)c1ccccc1N1C(=O)CS[C@@H]1c1ccc(NC(=O)c2cccc(F)c2)cc1. The van der Waals surface area contributed by atoms with E-state index in [2.05, 4.69) is 25.2 Å². The number of nitrogens with zero attached hydrogens (tertiary/aromatic N) is 1. The van der Waals surface area contributed by atoms with Crippen molar-refractivity contribution in [2.75, 3.05) is 16.0 Å². The Morgan fingerprint density at radius 3 is 2.52 bits per heavy atom. The van der Waals surface area contributed by atoms with E-state index in [1.165, 1.54) is 18.2 Å². The maximum atomic E-state index is 13.4. The molecule has 0 unspecified atom stereocenters. The summed E-state index contributed by atoms with van der Waals surface area (Å²) >= 11 is 1.59. The largest absolute Gasteiger partial charge is 0.322 e. The van der Waals surface area contributed by atoms with Crippen molar-refractivity contribution in [3.63, 3.8) is 0 Å². The number of thioether (sulfide) groups is 1. The minimum absolute atomic E-state index is 0.0894. The standard InChI is InChI=1S/C25H23FN2O2S/c1-16(2)21-8-3-4-9-22(21)28-23(29)15-31-25(28)17-10-12-20(13-11-17)27-24(30)18-6-5-7-19(26)14-18/h3-14,16,25H,15H2,1-2H3,(H,27,30)/t25-/m1/s1. The van der Waals surface area contributed by atoms with Crippen LogP contribution in [0.3, 0.4) is 0 Å². The van der Waals surface area contributed by atoms with Gasteiger partial charge in [-0.2, -0.15) is 0 Å². The Morgan fingerprint density at radius 2 is 1.81 bits per heavy atom. The Hall–Kier alpha value is -3.12. The van der Waals surface area contributed by atoms with Gasteiger partial charge in [-0.05, 0) is 53.4 Å². The predicted molar refractivity (Wildman–Crippen MR) is 124 cm³/mol. The average molecular weight is 435 g/mol. The predicted octanol–water partition coefficient (Wildman–Crippen LogP) is 5.98. The van der Waals surface area contributed by atoms with E-state index in [9.17, 15) is 14.0 Å². The van der Waals surface area contributed by atoms with Crippen LogP contribution >= 0.6 is 11.8 Å². The van der Waals surface area contributed by atoms with Crippen LogP contribution in [0.25, 0.3) is 0 Å². The van der Waals surface area contributed by atoms with Gasteiger partial charge in [0.15, 0.2) is 0 Å². The van der Waals surface area contributed by atoms with E-state index in [0.717, 1.165) is 16.8 Å². The second-order valence-electron chi connectivity index (χ2n) is 7.73. The Bertz CT molecular complexity index is 1110. The molecule has 158 valence electrons. The van der Waals surface area contributed by atoms with Crippen molar-refractivity contribution in [3.8, 4) is 0 Å². The van der Waals surface area contributed by atoms with E-state index in [1.807, 2.05) is 47.4 Å². The lowest BCUT2D eigenvalue weighted by molar-refractivity contribution is -0.115. The third kappa shape index (κ3) is 4.49. The summed E-state index contributed by atoms with van der Waals surface area (Å²) in [6.45, 7) is 4.25. The first kappa shape index (κ1) is 21.1. The first-order chi connectivity index (χ1) is 14.9. The molecule has 0 spiro atoms. The maximum absolute atomic E-state index is 13.4. The monoisotopic (exact) mass is 434 g/mol. The average Bonchev–Trinajstić information content (AvgIpc) is 3.15. The molecule has 0 saturated carbocycles. The van der Waals surface area contributed by atoms with Crippen LogP contribution < -0.4 is 10.2 Å². The number of anilines is 2. The van der Waals surface area contributed by atoms with E-state index < -0.39 is 5.82 Å². The number of para-hydroxylation sites is 1. The van der Waals surface area contributed by atoms with Crippen molar-refractivity contribution in [2.24, 2.45) is 0 Å². The Balaban J connectivity index is 1.56. The fraction of sp³-hybridized carbons (Fsp3) is 0.200. The molecule has 1 aliphatic heterocycles. The molecular weight excluding hydrogens is 411 g/mol. The highest BCUT2D eigenvalue weighted by Crippen LogP contribution is 2.44. The molecule has 1 fully saturated rings. The number of rotatable bonds is 5. The highest BCUT2D eigenvalue weighted by Gasteiger charge is 2.35. The molecule has 0 aliphatic carbocycles. The number of hydrogen-bond donors (Lipinski definition) is 1. The molecule has 3 aromatic rings. The van der Waals surface area contributed by atoms with E-state index in [0.29, 0.717) is 17.4 Å². The van der Waals surface area contributed by atoms with Crippen LogP contribution in [0.1, 0.15) is 46.6 Å². The van der Waals surface area contributed by atoms with Gasteiger partial charge in [-0.3, -0.25) is 14.5 Å². The molecule has 1 N–H and O–H groups in total. The van der Waals surface area contributed by atoms with Gasteiger partial charge in [0.25, 0.3) is 5.91 Å². The second kappa shape index (κ2) is 8.94. The zero-order valence-electron chi connectivity index (χ0n) is 17.3. The van der Waals surface area contributed by atoms with Crippen molar-refractivity contribution in [1.82, 2.24) is 0 Å². The third-order valence-electron chi connectivity index (χ3n) is 5.23. The molecule has 0 radical (unpaired) electrons. The lowest BCUT2D eigenvalue weighted by Gasteiger charge is -2.27. The molecule has 0 bridgehead atoms. The normalized spacial score (nSPS) is 16.1. The highest BCUT2D eigenvalue weighted by molar-refractivity contribution is 8.00. The van der Waals surface area contributed by atoms with E-state index in [4.69, 9.17) is 0 Å². The summed E-state index contributed by atoms with van der Waals surface area (Å²) < 4.78 is 13.4. The van der Waals surface area contributed by atoms with Crippen LogP contribution in [0.4, 0.5) is 15.8 Å². The number of nitrogens with one attached hydrogen (secondary N) is 1. The summed E-state index contributed by atoms with van der Waals surface area (Å²) in [5.74, 6) is -0.00472. The molecule has 2 amide bonds. The van der Waals surface area contributed by atoms with E-state index in [-0.39, 0.29) is 22.8 Å². The fourth-order valence-corrected chi connectivity index (χ4v) is 4.86. The van der Waals surface area contributed by atoms with Gasteiger partial charge in [0.05, 0.1) is 5.75 Å². The molecule has 6 heteroatoms. The summed E-state index contributed by atoms with van der Waals surface area (Å²) in [5.41, 5.74) is 3.94. The van der Waals surface area contributed by atoms with Crippen molar-refractivity contribution in [2.45, 2.75) is 25.1 Å². The van der Waals surface area contributed by atoms with Crippen LogP contribution in [0.5, 0.6) is 0 Å². The van der Waals surface area contributed by atoms with E-state index in [1.54, 1.807) is 17.8 Å². The van der Waals surface area contributed by atoms with Crippen LogP contribution in [0.2, 0.25) is 0 Å². The van der Waals surface area contributed by atoms with Gasteiger partial charge in [0.2, 0.25) is 5.91 Å². The molecule has 4 nitrogen and oxygen atoms in total. The number of carbonyl (C=O) groups is 2. The number of carbonyl (C=O) groups excluding carboxylic acids is 2. The van der Waals surface area contributed by atoms with Gasteiger partial charge in [0, 0.05) is 16.9 Å². The summed E-state index contributed by atoms with van der Waals surface area (Å²) in [6, 6.07) is 21.1. The van der Waals surface area contributed by atoms with Gasteiger partial charge in [-0.15, -0.1) is 11.8 Å². The Labute approximate surface area is 185 Å². The molecular formula is C25H23FN2O2S. The summed E-state index contributed by atoms with van der Waals surface area (Å²) in [4.78, 5) is 27.0. The minimum atomic E-state index is -0.451. The molecule has 1 aliphatic rings. The first-order valence-electron chi connectivity index (χ1n) is 10.1. The molecule has 31 heavy (non-hydrogen) atoms. The molecule has 4 rings (SSSR count). The molecule has 1 heterocycles. The summed E-state index contributed by atoms with van der Waals surface area (Å²) in [6.07, 6.45) is 0. The van der Waals surface area contributed by atoms with Crippen molar-refractivity contribution >= 4 is 35.0 Å². The van der Waals surface area contributed by atoms with Crippen LogP contribution in [-0.2, 0) is 4.79 Å². The van der Waals surface area contributed by atoms with Crippen LogP contribution in [0, 0.1) is 5.82 Å². The summed E-state index contributed by atoms with van der Waals surface area (Å²) in [7, 11) is 0. The number of halogens is 1. The van der Waals surface area contributed by atoms with Crippen molar-refractivity contribution in [1.29, 1.82) is 0 Å². The van der Waals surface area contributed by atoms with Crippen LogP contribution in [0.15, 0.2) is 72.8 Å². The lowest BCUT2D eigenvalue weighted by Crippen LogP contribution is -2.29. The maximum Gasteiger partial charge on any atom is 0.255 e. The fourth-order valence-electron chi connectivity index (χ4n) is 3.69. The first-order valence-corrected chi connectivity index (χ1v) is 11.2. The lowest BCUT2D eigenvalue weighted by atomic mass is 10.00. The zero-order chi connectivity index (χ0) is 22.0. The highest BCUT2D eigenvalue weighted by atomic mass is 32.2. The van der Waals surface area contributed by atoms with Gasteiger partial charge in [0.1, 0.15) is 11.2 Å². The molecule has 3 aromatic carbocycles. The number of benzene rings is 3. The Morgan fingerprint density at radius 1 is 1.06 bits per heavy atom. The van der Waals surface area contributed by atoms with Gasteiger partial charge in [-0.25, -0.2) is 4.39 Å². The quantitative estimate of drug-likeness (QED) is 0.537. The van der Waals surface area contributed by atoms with Crippen molar-refractivity contribution in [3.05, 3.63) is 95.3 Å². The zero-order valence-corrected chi connectivity index (χ0v) is 18.2.